The summed E-state index contributed by atoms with van der Waals surface area (Å²) in [5, 5.41) is 4.10. The molecule has 0 bridgehead atoms. The molecule has 3 rings (SSSR count). The summed E-state index contributed by atoms with van der Waals surface area (Å²) in [6, 6.07) is 16.0. The van der Waals surface area contributed by atoms with Crippen LogP contribution in [0.1, 0.15) is 5.56 Å². The fraction of sp³-hybridized carbons (Fsp3) is 0.118. The molecule has 3 aromatic rings. The summed E-state index contributed by atoms with van der Waals surface area (Å²) >= 11 is 9.35. The number of hydrogen-bond acceptors (Lipinski definition) is 2. The molecule has 0 saturated carbocycles. The van der Waals surface area contributed by atoms with Crippen molar-refractivity contribution in [2.24, 2.45) is 7.05 Å². The van der Waals surface area contributed by atoms with Crippen molar-refractivity contribution in [1.29, 1.82) is 0 Å². The molecule has 1 heterocycles. The molecule has 0 aliphatic heterocycles. The van der Waals surface area contributed by atoms with Gasteiger partial charge in [-0.25, -0.2) is 4.98 Å². The second-order valence-electron chi connectivity index (χ2n) is 5.01. The van der Waals surface area contributed by atoms with E-state index in [1.807, 2.05) is 49.6 Å². The van der Waals surface area contributed by atoms with Gasteiger partial charge < -0.3 is 9.88 Å². The first kappa shape index (κ1) is 15.1. The lowest BCUT2D eigenvalue weighted by Crippen LogP contribution is -2.05. The van der Waals surface area contributed by atoms with Gasteiger partial charge in [-0.2, -0.15) is 0 Å². The SMILES string of the molecule is Cn1c(-c2ccc(Br)cc2)cnc1NCc1ccc(Cl)cc1. The van der Waals surface area contributed by atoms with Gasteiger partial charge in [0, 0.05) is 23.1 Å². The average Bonchev–Trinajstić information content (AvgIpc) is 2.89. The van der Waals surface area contributed by atoms with Crippen LogP contribution in [0.15, 0.2) is 59.2 Å². The van der Waals surface area contributed by atoms with Crippen LogP contribution in [0, 0.1) is 0 Å². The third-order valence-electron chi connectivity index (χ3n) is 3.49. The van der Waals surface area contributed by atoms with Gasteiger partial charge in [0.2, 0.25) is 5.95 Å². The lowest BCUT2D eigenvalue weighted by Gasteiger charge is -2.09. The van der Waals surface area contributed by atoms with E-state index in [1.54, 1.807) is 0 Å². The molecule has 0 saturated heterocycles. The van der Waals surface area contributed by atoms with E-state index in [-0.39, 0.29) is 0 Å². The zero-order valence-electron chi connectivity index (χ0n) is 12.1. The summed E-state index contributed by atoms with van der Waals surface area (Å²) in [7, 11) is 2.01. The van der Waals surface area contributed by atoms with E-state index in [0.29, 0.717) is 6.54 Å². The van der Waals surface area contributed by atoms with E-state index >= 15 is 0 Å². The summed E-state index contributed by atoms with van der Waals surface area (Å²) in [6.07, 6.45) is 1.88. The molecule has 2 aromatic carbocycles. The first-order valence-corrected chi connectivity index (χ1v) is 8.06. The number of hydrogen-bond donors (Lipinski definition) is 1. The molecule has 5 heteroatoms. The maximum Gasteiger partial charge on any atom is 0.203 e. The molecule has 0 aliphatic rings. The number of aromatic nitrogens is 2. The summed E-state index contributed by atoms with van der Waals surface area (Å²) < 4.78 is 3.12. The molecule has 112 valence electrons. The topological polar surface area (TPSA) is 29.9 Å². The summed E-state index contributed by atoms with van der Waals surface area (Å²) in [5.41, 5.74) is 3.38. The Labute approximate surface area is 143 Å². The maximum absolute atomic E-state index is 5.90. The molecule has 3 nitrogen and oxygen atoms in total. The number of nitrogens with zero attached hydrogens (tertiary/aromatic N) is 2. The van der Waals surface area contributed by atoms with E-state index in [4.69, 9.17) is 11.6 Å². The monoisotopic (exact) mass is 375 g/mol. The predicted molar refractivity (Wildman–Crippen MR) is 95.1 cm³/mol. The highest BCUT2D eigenvalue weighted by atomic mass is 79.9. The Morgan fingerprint density at radius 1 is 1.09 bits per heavy atom. The molecule has 0 radical (unpaired) electrons. The van der Waals surface area contributed by atoms with Crippen LogP contribution in [-0.4, -0.2) is 9.55 Å². The third-order valence-corrected chi connectivity index (χ3v) is 4.27. The van der Waals surface area contributed by atoms with Gasteiger partial charge in [0.1, 0.15) is 0 Å². The molecule has 0 amide bonds. The molecule has 0 fully saturated rings. The van der Waals surface area contributed by atoms with Gasteiger partial charge >= 0.3 is 0 Å². The van der Waals surface area contributed by atoms with Crippen LogP contribution < -0.4 is 5.32 Å². The Kier molecular flexibility index (Phi) is 4.50. The van der Waals surface area contributed by atoms with Crippen LogP contribution in [0.3, 0.4) is 0 Å². The number of benzene rings is 2. The number of nitrogens with one attached hydrogen (secondary N) is 1. The number of anilines is 1. The minimum atomic E-state index is 0.710. The van der Waals surface area contributed by atoms with E-state index in [9.17, 15) is 0 Å². The summed E-state index contributed by atoms with van der Waals surface area (Å²) in [6.45, 7) is 0.710. The highest BCUT2D eigenvalue weighted by Gasteiger charge is 2.08. The standard InChI is InChI=1S/C17H15BrClN3/c1-22-16(13-4-6-14(18)7-5-13)11-21-17(22)20-10-12-2-8-15(19)9-3-12/h2-9,11H,10H2,1H3,(H,20,21). The van der Waals surface area contributed by atoms with Crippen molar-refractivity contribution in [3.63, 3.8) is 0 Å². The van der Waals surface area contributed by atoms with Crippen LogP contribution in [0.25, 0.3) is 11.3 Å². The predicted octanol–water partition coefficient (Wildman–Crippen LogP) is 5.12. The van der Waals surface area contributed by atoms with Crippen LogP contribution in [0.2, 0.25) is 5.02 Å². The Bertz CT molecular complexity index is 764. The first-order chi connectivity index (χ1) is 10.6. The molecule has 0 spiro atoms. The van der Waals surface area contributed by atoms with Crippen molar-refractivity contribution in [2.45, 2.75) is 6.54 Å². The fourth-order valence-corrected chi connectivity index (χ4v) is 2.64. The second kappa shape index (κ2) is 6.55. The van der Waals surface area contributed by atoms with Gasteiger partial charge in [-0.15, -0.1) is 0 Å². The molecular weight excluding hydrogens is 362 g/mol. The molecule has 22 heavy (non-hydrogen) atoms. The average molecular weight is 377 g/mol. The van der Waals surface area contributed by atoms with E-state index in [0.717, 1.165) is 32.3 Å². The van der Waals surface area contributed by atoms with Crippen LogP contribution in [0.4, 0.5) is 5.95 Å². The van der Waals surface area contributed by atoms with Crippen molar-refractivity contribution in [2.75, 3.05) is 5.32 Å². The number of rotatable bonds is 4. The minimum absolute atomic E-state index is 0.710. The first-order valence-electron chi connectivity index (χ1n) is 6.89. The van der Waals surface area contributed by atoms with Crippen molar-refractivity contribution in [3.05, 3.63) is 69.8 Å². The molecule has 0 aliphatic carbocycles. The summed E-state index contributed by atoms with van der Waals surface area (Å²) in [4.78, 5) is 4.46. The largest absolute Gasteiger partial charge is 0.352 e. The zero-order chi connectivity index (χ0) is 15.5. The van der Waals surface area contributed by atoms with E-state index in [1.165, 1.54) is 0 Å². The third kappa shape index (κ3) is 3.34. The van der Waals surface area contributed by atoms with Gasteiger partial charge in [0.15, 0.2) is 0 Å². The molecule has 1 aromatic heterocycles. The maximum atomic E-state index is 5.90. The van der Waals surface area contributed by atoms with Gasteiger partial charge in [-0.3, -0.25) is 0 Å². The van der Waals surface area contributed by atoms with Gasteiger partial charge in [0.05, 0.1) is 11.9 Å². The molecule has 0 unspecified atom stereocenters. The quantitative estimate of drug-likeness (QED) is 0.685. The van der Waals surface area contributed by atoms with Crippen LogP contribution in [-0.2, 0) is 13.6 Å². The Morgan fingerprint density at radius 3 is 2.45 bits per heavy atom. The van der Waals surface area contributed by atoms with Gasteiger partial charge in [0.25, 0.3) is 0 Å². The molecule has 1 N–H and O–H groups in total. The van der Waals surface area contributed by atoms with E-state index in [2.05, 4.69) is 42.9 Å². The number of halogens is 2. The lowest BCUT2D eigenvalue weighted by molar-refractivity contribution is 0.907. The van der Waals surface area contributed by atoms with E-state index < -0.39 is 0 Å². The minimum Gasteiger partial charge on any atom is -0.352 e. The fourth-order valence-electron chi connectivity index (χ4n) is 2.25. The van der Waals surface area contributed by atoms with Gasteiger partial charge in [-0.1, -0.05) is 51.8 Å². The Balaban J connectivity index is 1.75. The van der Waals surface area contributed by atoms with Crippen molar-refractivity contribution < 1.29 is 0 Å². The second-order valence-corrected chi connectivity index (χ2v) is 6.37. The van der Waals surface area contributed by atoms with Crippen LogP contribution in [0.5, 0.6) is 0 Å². The lowest BCUT2D eigenvalue weighted by atomic mass is 10.2. The normalized spacial score (nSPS) is 10.7. The molecule has 0 atom stereocenters. The highest BCUT2D eigenvalue weighted by molar-refractivity contribution is 9.10. The van der Waals surface area contributed by atoms with Crippen LogP contribution >= 0.6 is 27.5 Å². The van der Waals surface area contributed by atoms with Crippen molar-refractivity contribution in [3.8, 4) is 11.3 Å². The van der Waals surface area contributed by atoms with Crippen molar-refractivity contribution >= 4 is 33.5 Å². The molecular formula is C17H15BrClN3. The zero-order valence-corrected chi connectivity index (χ0v) is 14.4. The van der Waals surface area contributed by atoms with Crippen molar-refractivity contribution in [1.82, 2.24) is 9.55 Å². The Morgan fingerprint density at radius 2 is 1.77 bits per heavy atom. The number of imidazole rings is 1. The highest BCUT2D eigenvalue weighted by Crippen LogP contribution is 2.24. The van der Waals surface area contributed by atoms with Gasteiger partial charge in [-0.05, 0) is 35.4 Å². The summed E-state index contributed by atoms with van der Waals surface area (Å²) in [5.74, 6) is 0.841. The Hall–Kier alpha value is -1.78. The smallest absolute Gasteiger partial charge is 0.203 e.